The number of benzene rings is 2. The lowest BCUT2D eigenvalue weighted by Gasteiger charge is -2.20. The van der Waals surface area contributed by atoms with Gasteiger partial charge in [-0.15, -0.1) is 11.8 Å². The summed E-state index contributed by atoms with van der Waals surface area (Å²) < 4.78 is 0. The number of phenols is 1. The monoisotopic (exact) mass is 397 g/mol. The molecule has 2 aromatic carbocycles. The van der Waals surface area contributed by atoms with Crippen LogP contribution in [0, 0.1) is 0 Å². The van der Waals surface area contributed by atoms with Gasteiger partial charge in [-0.25, -0.2) is 0 Å². The number of carbonyl (C=O) groups is 1. The van der Waals surface area contributed by atoms with Gasteiger partial charge in [0.2, 0.25) is 5.91 Å². The first-order chi connectivity index (χ1) is 11.7. The highest BCUT2D eigenvalue weighted by atomic mass is 35.5. The molecule has 0 spiro atoms. The van der Waals surface area contributed by atoms with E-state index in [0.717, 1.165) is 11.1 Å². The van der Waals surface area contributed by atoms with Gasteiger partial charge < -0.3 is 10.4 Å². The molecule has 0 atom stereocenters. The second-order valence-electron chi connectivity index (χ2n) is 6.77. The van der Waals surface area contributed by atoms with Crippen LogP contribution < -0.4 is 5.32 Å². The van der Waals surface area contributed by atoms with Gasteiger partial charge >= 0.3 is 0 Å². The van der Waals surface area contributed by atoms with Crippen molar-refractivity contribution in [3.8, 4) is 5.75 Å². The summed E-state index contributed by atoms with van der Waals surface area (Å²) in [4.78, 5) is 12.1. The van der Waals surface area contributed by atoms with Crippen LogP contribution in [0.3, 0.4) is 0 Å². The third kappa shape index (κ3) is 5.84. The second kappa shape index (κ2) is 8.35. The number of nitrogens with one attached hydrogen (secondary N) is 1. The molecule has 0 aromatic heterocycles. The van der Waals surface area contributed by atoms with Gasteiger partial charge in [-0.1, -0.05) is 56.1 Å². The van der Waals surface area contributed by atoms with Crippen molar-refractivity contribution in [1.82, 2.24) is 0 Å². The number of halogens is 2. The number of hydrogen-bond donors (Lipinski definition) is 2. The Bertz CT molecular complexity index is 773. The Morgan fingerprint density at radius 2 is 1.84 bits per heavy atom. The maximum Gasteiger partial charge on any atom is 0.234 e. The van der Waals surface area contributed by atoms with Gasteiger partial charge in [-0.3, -0.25) is 4.79 Å². The molecule has 134 valence electrons. The number of anilines is 1. The number of amides is 1. The first-order valence-electron chi connectivity index (χ1n) is 7.82. The third-order valence-corrected chi connectivity index (χ3v) is 5.37. The van der Waals surface area contributed by atoms with Crippen molar-refractivity contribution in [3.05, 3.63) is 57.6 Å². The minimum atomic E-state index is -0.161. The summed E-state index contributed by atoms with van der Waals surface area (Å²) in [7, 11) is 0. The van der Waals surface area contributed by atoms with Crippen LogP contribution >= 0.6 is 35.0 Å². The van der Waals surface area contributed by atoms with Gasteiger partial charge in [0.15, 0.2) is 0 Å². The van der Waals surface area contributed by atoms with Crippen molar-refractivity contribution >= 4 is 46.6 Å². The zero-order valence-corrected chi connectivity index (χ0v) is 16.7. The summed E-state index contributed by atoms with van der Waals surface area (Å²) in [5.41, 5.74) is 2.43. The largest absolute Gasteiger partial charge is 0.506 e. The van der Waals surface area contributed by atoms with Crippen molar-refractivity contribution in [3.63, 3.8) is 0 Å². The number of aromatic hydroxyl groups is 1. The van der Waals surface area contributed by atoms with Crippen LogP contribution in [0.2, 0.25) is 10.0 Å². The first-order valence-corrected chi connectivity index (χ1v) is 9.73. The highest BCUT2D eigenvalue weighted by Gasteiger charge is 2.16. The molecule has 0 aliphatic rings. The van der Waals surface area contributed by atoms with E-state index in [1.807, 2.05) is 18.2 Å². The van der Waals surface area contributed by atoms with Crippen LogP contribution in [0.15, 0.2) is 36.4 Å². The van der Waals surface area contributed by atoms with E-state index in [2.05, 4.69) is 26.1 Å². The van der Waals surface area contributed by atoms with Crippen LogP contribution in [-0.2, 0) is 16.0 Å². The van der Waals surface area contributed by atoms with E-state index < -0.39 is 0 Å². The summed E-state index contributed by atoms with van der Waals surface area (Å²) >= 11 is 13.3. The molecule has 0 aliphatic carbocycles. The smallest absolute Gasteiger partial charge is 0.234 e. The van der Waals surface area contributed by atoms with E-state index >= 15 is 0 Å². The number of hydrogen-bond acceptors (Lipinski definition) is 3. The predicted molar refractivity (Wildman–Crippen MR) is 108 cm³/mol. The van der Waals surface area contributed by atoms with E-state index in [-0.39, 0.29) is 22.8 Å². The Hall–Kier alpha value is -1.36. The molecule has 0 saturated carbocycles. The minimum Gasteiger partial charge on any atom is -0.506 e. The number of rotatable bonds is 5. The Morgan fingerprint density at radius 3 is 2.48 bits per heavy atom. The van der Waals surface area contributed by atoms with E-state index in [1.54, 1.807) is 18.2 Å². The van der Waals surface area contributed by atoms with Crippen molar-refractivity contribution in [1.29, 1.82) is 0 Å². The Balaban J connectivity index is 1.93. The van der Waals surface area contributed by atoms with Crippen LogP contribution in [0.25, 0.3) is 0 Å². The predicted octanol–water partition coefficient (Wildman–Crippen LogP) is 5.87. The molecule has 0 heterocycles. The number of phenolic OH excluding ortho intramolecular Hbond substituents is 1. The summed E-state index contributed by atoms with van der Waals surface area (Å²) in [5.74, 6) is 0.833. The molecule has 0 bridgehead atoms. The molecule has 6 heteroatoms. The van der Waals surface area contributed by atoms with Crippen molar-refractivity contribution in [2.24, 2.45) is 0 Å². The molecular formula is C19H21Cl2NO2S. The van der Waals surface area contributed by atoms with Crippen molar-refractivity contribution in [2.45, 2.75) is 31.9 Å². The topological polar surface area (TPSA) is 49.3 Å². The van der Waals surface area contributed by atoms with Crippen LogP contribution in [0.4, 0.5) is 5.69 Å². The second-order valence-corrected chi connectivity index (χ2v) is 8.57. The molecule has 1 amide bonds. The van der Waals surface area contributed by atoms with Gasteiger partial charge in [0, 0.05) is 5.75 Å². The van der Waals surface area contributed by atoms with E-state index in [1.165, 1.54) is 11.8 Å². The number of thioether (sulfide) groups is 1. The van der Waals surface area contributed by atoms with E-state index in [9.17, 15) is 9.90 Å². The fourth-order valence-electron chi connectivity index (χ4n) is 2.18. The normalized spacial score (nSPS) is 11.4. The Labute approximate surface area is 162 Å². The molecule has 0 radical (unpaired) electrons. The van der Waals surface area contributed by atoms with Gasteiger partial charge in [0.1, 0.15) is 5.75 Å². The molecule has 0 aliphatic heterocycles. The molecule has 2 rings (SSSR count). The third-order valence-electron chi connectivity index (χ3n) is 3.62. The number of carbonyl (C=O) groups excluding carboxylic acids is 1. The Kier molecular flexibility index (Phi) is 6.66. The maximum absolute atomic E-state index is 12.1. The fourth-order valence-corrected chi connectivity index (χ4v) is 3.28. The average molecular weight is 398 g/mol. The minimum absolute atomic E-state index is 0.0597. The average Bonchev–Trinajstić information content (AvgIpc) is 2.52. The summed E-state index contributed by atoms with van der Waals surface area (Å²) in [6, 6.07) is 10.7. The van der Waals surface area contributed by atoms with E-state index in [4.69, 9.17) is 23.2 Å². The molecule has 0 unspecified atom stereocenters. The fraction of sp³-hybridized carbons (Fsp3) is 0.316. The SMILES string of the molecule is CC(C)(C)c1ccc(O)c(NC(=O)CSCc2ccc(Cl)c(Cl)c2)c1. The lowest BCUT2D eigenvalue weighted by molar-refractivity contribution is -0.113. The lowest BCUT2D eigenvalue weighted by Crippen LogP contribution is -2.16. The van der Waals surface area contributed by atoms with Crippen LogP contribution in [0.5, 0.6) is 5.75 Å². The van der Waals surface area contributed by atoms with Gasteiger partial charge in [0.05, 0.1) is 21.5 Å². The molecule has 25 heavy (non-hydrogen) atoms. The summed E-state index contributed by atoms with van der Waals surface area (Å²) in [5, 5.41) is 13.8. The van der Waals surface area contributed by atoms with Gasteiger partial charge in [0.25, 0.3) is 0 Å². The molecule has 0 fully saturated rings. The zero-order valence-electron chi connectivity index (χ0n) is 14.4. The summed E-state index contributed by atoms with van der Waals surface area (Å²) in [6.45, 7) is 6.24. The first kappa shape index (κ1) is 20.0. The lowest BCUT2D eigenvalue weighted by atomic mass is 9.87. The Morgan fingerprint density at radius 1 is 1.12 bits per heavy atom. The zero-order chi connectivity index (χ0) is 18.6. The van der Waals surface area contributed by atoms with Crippen molar-refractivity contribution < 1.29 is 9.90 Å². The molecule has 2 N–H and O–H groups in total. The molecular weight excluding hydrogens is 377 g/mol. The summed E-state index contributed by atoms with van der Waals surface area (Å²) in [6.07, 6.45) is 0. The quantitative estimate of drug-likeness (QED) is 0.620. The van der Waals surface area contributed by atoms with E-state index in [0.29, 0.717) is 21.5 Å². The highest BCUT2D eigenvalue weighted by molar-refractivity contribution is 7.99. The van der Waals surface area contributed by atoms with Gasteiger partial charge in [-0.2, -0.15) is 0 Å². The van der Waals surface area contributed by atoms with Crippen LogP contribution in [-0.4, -0.2) is 16.8 Å². The molecule has 3 nitrogen and oxygen atoms in total. The van der Waals surface area contributed by atoms with Crippen molar-refractivity contribution in [2.75, 3.05) is 11.1 Å². The maximum atomic E-state index is 12.1. The van der Waals surface area contributed by atoms with Gasteiger partial charge in [-0.05, 0) is 40.8 Å². The van der Waals surface area contributed by atoms with Crippen LogP contribution in [0.1, 0.15) is 31.9 Å². The molecule has 0 saturated heterocycles. The highest BCUT2D eigenvalue weighted by Crippen LogP contribution is 2.31. The molecule has 2 aromatic rings. The standard InChI is InChI=1S/C19H21Cl2NO2S/c1-19(2,3)13-5-7-17(23)16(9-13)22-18(24)11-25-10-12-4-6-14(20)15(21)8-12/h4-9,23H,10-11H2,1-3H3,(H,22,24).